The largest absolute Gasteiger partial charge is 0.313 e. The minimum atomic E-state index is -0.270. The number of carbonyl (C=O) groups excluding carboxylic acids is 1. The smallest absolute Gasteiger partial charge is 0.249 e. The Balaban J connectivity index is 1.76. The van der Waals surface area contributed by atoms with Crippen molar-refractivity contribution in [2.45, 2.75) is 40.0 Å². The van der Waals surface area contributed by atoms with E-state index in [0.29, 0.717) is 26.5 Å². The highest BCUT2D eigenvalue weighted by atomic mass is 35.5. The highest BCUT2D eigenvalue weighted by Crippen LogP contribution is 2.44. The third-order valence-corrected chi connectivity index (χ3v) is 7.12. The van der Waals surface area contributed by atoms with Crippen LogP contribution in [0.5, 0.6) is 0 Å². The molecule has 3 rings (SSSR count). The summed E-state index contributed by atoms with van der Waals surface area (Å²) in [4.78, 5) is 13.6. The maximum atomic E-state index is 12.4. The van der Waals surface area contributed by atoms with Crippen LogP contribution in [-0.4, -0.2) is 5.91 Å². The van der Waals surface area contributed by atoms with Gasteiger partial charge in [0.2, 0.25) is 5.91 Å². The maximum Gasteiger partial charge on any atom is 0.249 e. The molecule has 1 heterocycles. The number of amides is 1. The van der Waals surface area contributed by atoms with Crippen LogP contribution in [0.25, 0.3) is 6.08 Å². The van der Waals surface area contributed by atoms with Crippen molar-refractivity contribution in [3.8, 4) is 6.07 Å². The molecule has 1 aliphatic carbocycles. The molecule has 146 valence electrons. The number of hydrogen-bond acceptors (Lipinski definition) is 3. The lowest BCUT2D eigenvalue weighted by Gasteiger charge is -2.33. The third-order valence-electron chi connectivity index (χ3n) is 5.21. The van der Waals surface area contributed by atoms with Gasteiger partial charge in [0, 0.05) is 11.0 Å². The molecule has 0 fully saturated rings. The fraction of sp³-hybridized carbons (Fsp3) is 0.364. The Morgan fingerprint density at radius 3 is 2.71 bits per heavy atom. The van der Waals surface area contributed by atoms with Crippen molar-refractivity contribution in [1.29, 1.82) is 5.26 Å². The standard InChI is InChI=1S/C22H22Cl2N2OS/c1-22(2,3)14-6-7-15-16(12-25)21(28-19(15)11-14)26-20(27)9-5-13-4-8-17(23)18(24)10-13/h4-5,8-10,14H,6-7,11H2,1-3H3,(H,26,27)/b9-5+. The molecule has 1 N–H and O–H groups in total. The number of fused-ring (bicyclic) bond motifs is 1. The van der Waals surface area contributed by atoms with E-state index in [-0.39, 0.29) is 11.3 Å². The van der Waals surface area contributed by atoms with Gasteiger partial charge < -0.3 is 5.32 Å². The van der Waals surface area contributed by atoms with Gasteiger partial charge in [-0.3, -0.25) is 4.79 Å². The maximum absolute atomic E-state index is 12.4. The van der Waals surface area contributed by atoms with E-state index >= 15 is 0 Å². The summed E-state index contributed by atoms with van der Waals surface area (Å²) in [6.07, 6.45) is 6.05. The average Bonchev–Trinajstić information content (AvgIpc) is 2.98. The zero-order valence-electron chi connectivity index (χ0n) is 16.1. The van der Waals surface area contributed by atoms with Crippen LogP contribution in [0.4, 0.5) is 5.00 Å². The van der Waals surface area contributed by atoms with Gasteiger partial charge in [0.05, 0.1) is 15.6 Å². The van der Waals surface area contributed by atoms with E-state index in [1.54, 1.807) is 24.3 Å². The van der Waals surface area contributed by atoms with Crippen LogP contribution in [0.1, 0.15) is 48.8 Å². The van der Waals surface area contributed by atoms with Gasteiger partial charge in [-0.2, -0.15) is 5.26 Å². The molecule has 1 atom stereocenters. The molecule has 0 saturated heterocycles. The molecule has 0 bridgehead atoms. The van der Waals surface area contributed by atoms with E-state index in [2.05, 4.69) is 32.2 Å². The van der Waals surface area contributed by atoms with Crippen LogP contribution >= 0.6 is 34.5 Å². The summed E-state index contributed by atoms with van der Waals surface area (Å²) in [6, 6.07) is 7.46. The molecule has 0 radical (unpaired) electrons. The Morgan fingerprint density at radius 2 is 2.07 bits per heavy atom. The second-order valence-electron chi connectivity index (χ2n) is 8.12. The quantitative estimate of drug-likeness (QED) is 0.546. The Bertz CT molecular complexity index is 980. The molecule has 28 heavy (non-hydrogen) atoms. The highest BCUT2D eigenvalue weighted by Gasteiger charge is 2.32. The number of carbonyl (C=O) groups is 1. The molecular formula is C22H22Cl2N2OS. The van der Waals surface area contributed by atoms with Gasteiger partial charge in [-0.05, 0) is 59.9 Å². The van der Waals surface area contributed by atoms with Crippen molar-refractivity contribution in [3.05, 3.63) is 55.9 Å². The zero-order chi connectivity index (χ0) is 20.5. The van der Waals surface area contributed by atoms with Gasteiger partial charge in [-0.15, -0.1) is 11.3 Å². The molecular weight excluding hydrogens is 411 g/mol. The van der Waals surface area contributed by atoms with E-state index < -0.39 is 0 Å². The number of hydrogen-bond donors (Lipinski definition) is 1. The van der Waals surface area contributed by atoms with Gasteiger partial charge >= 0.3 is 0 Å². The topological polar surface area (TPSA) is 52.9 Å². The van der Waals surface area contributed by atoms with Crippen LogP contribution in [0, 0.1) is 22.7 Å². The minimum absolute atomic E-state index is 0.237. The molecule has 6 heteroatoms. The molecule has 1 aromatic carbocycles. The molecule has 1 aliphatic rings. The van der Waals surface area contributed by atoms with E-state index in [0.717, 1.165) is 30.4 Å². The van der Waals surface area contributed by atoms with Gasteiger partial charge in [0.25, 0.3) is 0 Å². The predicted molar refractivity (Wildman–Crippen MR) is 118 cm³/mol. The average molecular weight is 433 g/mol. The molecule has 1 amide bonds. The Hall–Kier alpha value is -1.80. The van der Waals surface area contributed by atoms with Crippen LogP contribution in [0.2, 0.25) is 10.0 Å². The SMILES string of the molecule is CC(C)(C)C1CCc2c(sc(NC(=O)/C=C/c3ccc(Cl)c(Cl)c3)c2C#N)C1. The van der Waals surface area contributed by atoms with Gasteiger partial charge in [0.15, 0.2) is 0 Å². The van der Waals surface area contributed by atoms with Crippen molar-refractivity contribution in [2.24, 2.45) is 11.3 Å². The lowest BCUT2D eigenvalue weighted by Crippen LogP contribution is -2.26. The van der Waals surface area contributed by atoms with Crippen molar-refractivity contribution in [1.82, 2.24) is 0 Å². The molecule has 0 aliphatic heterocycles. The van der Waals surface area contributed by atoms with Crippen molar-refractivity contribution in [2.75, 3.05) is 5.32 Å². The number of rotatable bonds is 3. The monoisotopic (exact) mass is 432 g/mol. The molecule has 1 aromatic heterocycles. The Labute approximate surface area is 180 Å². The minimum Gasteiger partial charge on any atom is -0.313 e. The fourth-order valence-electron chi connectivity index (χ4n) is 3.47. The Morgan fingerprint density at radius 1 is 1.32 bits per heavy atom. The lowest BCUT2D eigenvalue weighted by atomic mass is 9.72. The number of thiophene rings is 1. The molecule has 0 spiro atoms. The summed E-state index contributed by atoms with van der Waals surface area (Å²) < 4.78 is 0. The van der Waals surface area contributed by atoms with Gasteiger partial charge in [0.1, 0.15) is 11.1 Å². The first-order valence-electron chi connectivity index (χ1n) is 9.17. The normalized spacial score (nSPS) is 16.6. The molecule has 2 aromatic rings. The zero-order valence-corrected chi connectivity index (χ0v) is 18.4. The fourth-order valence-corrected chi connectivity index (χ4v) is 5.06. The molecule has 3 nitrogen and oxygen atoms in total. The number of nitrogens with one attached hydrogen (secondary N) is 1. The number of nitriles is 1. The summed E-state index contributed by atoms with van der Waals surface area (Å²) in [6.45, 7) is 6.79. The lowest BCUT2D eigenvalue weighted by molar-refractivity contribution is -0.111. The van der Waals surface area contributed by atoms with E-state index in [9.17, 15) is 10.1 Å². The van der Waals surface area contributed by atoms with Crippen LogP contribution in [0.3, 0.4) is 0 Å². The van der Waals surface area contributed by atoms with Crippen LogP contribution in [-0.2, 0) is 17.6 Å². The van der Waals surface area contributed by atoms with E-state index in [1.165, 1.54) is 22.3 Å². The molecule has 1 unspecified atom stereocenters. The summed E-state index contributed by atoms with van der Waals surface area (Å²) in [5, 5.41) is 14.1. The first kappa shape index (κ1) is 20.9. The van der Waals surface area contributed by atoms with E-state index in [4.69, 9.17) is 23.2 Å². The summed E-state index contributed by atoms with van der Waals surface area (Å²) in [5.41, 5.74) is 2.74. The number of anilines is 1. The van der Waals surface area contributed by atoms with E-state index in [1.807, 2.05) is 0 Å². The second kappa shape index (κ2) is 8.29. The second-order valence-corrected chi connectivity index (χ2v) is 10.0. The first-order chi connectivity index (χ1) is 13.2. The summed E-state index contributed by atoms with van der Waals surface area (Å²) >= 11 is 13.4. The first-order valence-corrected chi connectivity index (χ1v) is 10.7. The predicted octanol–water partition coefficient (Wildman–Crippen LogP) is 6.73. The van der Waals surface area contributed by atoms with Crippen LogP contribution < -0.4 is 5.32 Å². The van der Waals surface area contributed by atoms with Crippen LogP contribution in [0.15, 0.2) is 24.3 Å². The molecule has 0 saturated carbocycles. The van der Waals surface area contributed by atoms with Gasteiger partial charge in [-0.1, -0.05) is 50.0 Å². The number of nitrogens with zero attached hydrogens (tertiary/aromatic N) is 1. The number of halogens is 2. The summed E-state index contributed by atoms with van der Waals surface area (Å²) in [5.74, 6) is 0.317. The van der Waals surface area contributed by atoms with Crippen molar-refractivity contribution >= 4 is 51.5 Å². The summed E-state index contributed by atoms with van der Waals surface area (Å²) in [7, 11) is 0. The van der Waals surface area contributed by atoms with Crippen molar-refractivity contribution < 1.29 is 4.79 Å². The number of benzene rings is 1. The Kier molecular flexibility index (Phi) is 6.19. The van der Waals surface area contributed by atoms with Gasteiger partial charge in [-0.25, -0.2) is 0 Å². The highest BCUT2D eigenvalue weighted by molar-refractivity contribution is 7.16. The van der Waals surface area contributed by atoms with Crippen molar-refractivity contribution in [3.63, 3.8) is 0 Å². The third kappa shape index (κ3) is 4.60.